The van der Waals surface area contributed by atoms with Gasteiger partial charge in [0.25, 0.3) is 0 Å². The summed E-state index contributed by atoms with van der Waals surface area (Å²) in [6, 6.07) is 12.9. The predicted molar refractivity (Wildman–Crippen MR) is 111 cm³/mol. The fraction of sp³-hybridized carbons (Fsp3) is 0.333. The highest BCUT2D eigenvalue weighted by Crippen LogP contribution is 2.34. The molecular formula is C24H26O5. The van der Waals surface area contributed by atoms with Crippen LogP contribution >= 0.6 is 0 Å². The monoisotopic (exact) mass is 394 g/mol. The van der Waals surface area contributed by atoms with Crippen LogP contribution in [0.1, 0.15) is 37.8 Å². The zero-order valence-corrected chi connectivity index (χ0v) is 17.3. The summed E-state index contributed by atoms with van der Waals surface area (Å²) in [5, 5.41) is 0. The number of Topliss-reactive ketones (excluding diaryl/α,β-unsaturated/α-hetero) is 2. The summed E-state index contributed by atoms with van der Waals surface area (Å²) in [4.78, 5) is 24.7. The molecule has 29 heavy (non-hydrogen) atoms. The van der Waals surface area contributed by atoms with Gasteiger partial charge in [0.15, 0.2) is 11.6 Å². The second-order valence-corrected chi connectivity index (χ2v) is 7.96. The van der Waals surface area contributed by atoms with Crippen molar-refractivity contribution in [2.45, 2.75) is 33.3 Å². The van der Waals surface area contributed by atoms with E-state index in [1.54, 1.807) is 20.3 Å². The van der Waals surface area contributed by atoms with E-state index in [2.05, 4.69) is 0 Å². The highest BCUT2D eigenvalue weighted by atomic mass is 16.5. The number of allylic oxidation sites excluding steroid dienone is 1. The second-order valence-electron chi connectivity index (χ2n) is 7.96. The summed E-state index contributed by atoms with van der Waals surface area (Å²) in [6.07, 6.45) is 2.47. The first-order valence-electron chi connectivity index (χ1n) is 9.53. The van der Waals surface area contributed by atoms with Crippen molar-refractivity contribution in [3.63, 3.8) is 0 Å². The van der Waals surface area contributed by atoms with Gasteiger partial charge in [0.2, 0.25) is 0 Å². The Balaban J connectivity index is 1.70. The first-order chi connectivity index (χ1) is 13.8. The number of hydrogen-bond acceptors (Lipinski definition) is 5. The average molecular weight is 394 g/mol. The van der Waals surface area contributed by atoms with Crippen molar-refractivity contribution >= 4 is 17.6 Å². The molecule has 0 heterocycles. The van der Waals surface area contributed by atoms with Gasteiger partial charge in [-0.15, -0.1) is 0 Å². The van der Waals surface area contributed by atoms with Gasteiger partial charge in [-0.05, 0) is 47.4 Å². The molecule has 0 N–H and O–H groups in total. The molecule has 0 bridgehead atoms. The third-order valence-electron chi connectivity index (χ3n) is 4.95. The van der Waals surface area contributed by atoms with Gasteiger partial charge in [-0.1, -0.05) is 26.0 Å². The van der Waals surface area contributed by atoms with E-state index >= 15 is 0 Å². The highest BCUT2D eigenvalue weighted by Gasteiger charge is 2.35. The van der Waals surface area contributed by atoms with Crippen molar-refractivity contribution in [3.05, 3.63) is 59.2 Å². The third kappa shape index (κ3) is 5.05. The lowest BCUT2D eigenvalue weighted by Gasteiger charge is -2.28. The van der Waals surface area contributed by atoms with Crippen LogP contribution in [0.25, 0.3) is 6.08 Å². The summed E-state index contributed by atoms with van der Waals surface area (Å²) in [5.41, 5.74) is 1.70. The van der Waals surface area contributed by atoms with E-state index in [9.17, 15) is 9.59 Å². The minimum atomic E-state index is -0.260. The van der Waals surface area contributed by atoms with Crippen molar-refractivity contribution < 1.29 is 23.8 Å². The van der Waals surface area contributed by atoms with Gasteiger partial charge in [-0.25, -0.2) is 0 Å². The van der Waals surface area contributed by atoms with E-state index in [1.807, 2.05) is 56.3 Å². The zero-order chi connectivity index (χ0) is 21.0. The summed E-state index contributed by atoms with van der Waals surface area (Å²) in [7, 11) is 3.23. The molecule has 1 aliphatic carbocycles. The van der Waals surface area contributed by atoms with E-state index in [0.29, 0.717) is 30.8 Å². The topological polar surface area (TPSA) is 61.8 Å². The minimum absolute atomic E-state index is 0.0864. The van der Waals surface area contributed by atoms with Gasteiger partial charge < -0.3 is 14.2 Å². The molecular weight excluding hydrogens is 368 g/mol. The van der Waals surface area contributed by atoms with Gasteiger partial charge in [0, 0.05) is 18.4 Å². The third-order valence-corrected chi connectivity index (χ3v) is 4.95. The van der Waals surface area contributed by atoms with E-state index in [-0.39, 0.29) is 17.0 Å². The number of carbonyl (C=O) groups is 2. The minimum Gasteiger partial charge on any atom is -0.497 e. The van der Waals surface area contributed by atoms with Crippen LogP contribution in [-0.2, 0) is 16.2 Å². The number of benzene rings is 2. The molecule has 1 fully saturated rings. The molecule has 152 valence electrons. The molecule has 1 saturated carbocycles. The molecule has 5 heteroatoms. The lowest BCUT2D eigenvalue weighted by molar-refractivity contribution is -0.127. The van der Waals surface area contributed by atoms with Gasteiger partial charge in [0.1, 0.15) is 23.9 Å². The molecule has 2 aromatic carbocycles. The number of rotatable bonds is 6. The van der Waals surface area contributed by atoms with Crippen LogP contribution in [0, 0.1) is 5.41 Å². The second kappa shape index (κ2) is 8.52. The zero-order valence-electron chi connectivity index (χ0n) is 17.3. The lowest BCUT2D eigenvalue weighted by atomic mass is 9.74. The lowest BCUT2D eigenvalue weighted by Crippen LogP contribution is -2.31. The van der Waals surface area contributed by atoms with Crippen molar-refractivity contribution in [2.75, 3.05) is 14.2 Å². The van der Waals surface area contributed by atoms with Gasteiger partial charge in [-0.3, -0.25) is 9.59 Å². The van der Waals surface area contributed by atoms with Crippen LogP contribution < -0.4 is 14.2 Å². The number of hydrogen-bond donors (Lipinski definition) is 0. The number of ketones is 2. The predicted octanol–water partition coefficient (Wildman–Crippen LogP) is 4.62. The number of methoxy groups -OCH3 is 2. The van der Waals surface area contributed by atoms with Crippen LogP contribution in [-0.4, -0.2) is 25.8 Å². The quantitative estimate of drug-likeness (QED) is 0.528. The van der Waals surface area contributed by atoms with Crippen LogP contribution in [0.3, 0.4) is 0 Å². The summed E-state index contributed by atoms with van der Waals surface area (Å²) in [6.45, 7) is 4.22. The molecule has 0 aliphatic heterocycles. The average Bonchev–Trinajstić information content (AvgIpc) is 2.69. The Morgan fingerprint density at radius 2 is 1.52 bits per heavy atom. The fourth-order valence-electron chi connectivity index (χ4n) is 3.42. The van der Waals surface area contributed by atoms with Crippen molar-refractivity contribution in [1.29, 1.82) is 0 Å². The van der Waals surface area contributed by atoms with Crippen molar-refractivity contribution in [2.24, 2.45) is 5.41 Å². The number of ether oxygens (including phenoxy) is 3. The number of carbonyl (C=O) groups excluding carboxylic acids is 2. The Morgan fingerprint density at radius 1 is 0.897 bits per heavy atom. The SMILES string of the molecule is COc1ccc(OC)c(COc2ccc(C=C3C(=O)CC(C)(C)CC3=O)cc2)c1. The Morgan fingerprint density at radius 3 is 2.10 bits per heavy atom. The van der Waals surface area contributed by atoms with Gasteiger partial charge >= 0.3 is 0 Å². The molecule has 0 radical (unpaired) electrons. The van der Waals surface area contributed by atoms with E-state index in [4.69, 9.17) is 14.2 Å². The van der Waals surface area contributed by atoms with Gasteiger partial charge in [0.05, 0.1) is 19.8 Å². The molecule has 0 unspecified atom stereocenters. The fourth-order valence-corrected chi connectivity index (χ4v) is 3.42. The van der Waals surface area contributed by atoms with Crippen LogP contribution in [0.2, 0.25) is 0 Å². The molecule has 5 nitrogen and oxygen atoms in total. The molecule has 0 aromatic heterocycles. The summed E-state index contributed by atoms with van der Waals surface area (Å²) in [5.74, 6) is 1.97. The van der Waals surface area contributed by atoms with Crippen LogP contribution in [0.4, 0.5) is 0 Å². The maximum atomic E-state index is 12.3. The van der Waals surface area contributed by atoms with E-state index in [1.165, 1.54) is 0 Å². The molecule has 2 aromatic rings. The maximum Gasteiger partial charge on any atom is 0.167 e. The van der Waals surface area contributed by atoms with Gasteiger partial charge in [-0.2, -0.15) is 0 Å². The summed E-state index contributed by atoms with van der Waals surface area (Å²) >= 11 is 0. The molecule has 0 saturated heterocycles. The standard InChI is InChI=1S/C24H26O5/c1-24(2)13-21(25)20(22(26)14-24)11-16-5-7-18(8-6-16)29-15-17-12-19(27-3)9-10-23(17)28-4/h5-12H,13-15H2,1-4H3. The molecule has 1 aliphatic rings. The highest BCUT2D eigenvalue weighted by molar-refractivity contribution is 6.25. The van der Waals surface area contributed by atoms with Crippen LogP contribution in [0.15, 0.2) is 48.0 Å². The van der Waals surface area contributed by atoms with E-state index in [0.717, 1.165) is 22.6 Å². The Bertz CT molecular complexity index is 916. The molecule has 3 rings (SSSR count). The normalized spacial score (nSPS) is 15.8. The molecule has 0 spiro atoms. The van der Waals surface area contributed by atoms with Crippen molar-refractivity contribution in [3.8, 4) is 17.2 Å². The molecule has 0 amide bonds. The van der Waals surface area contributed by atoms with Crippen molar-refractivity contribution in [1.82, 2.24) is 0 Å². The van der Waals surface area contributed by atoms with Crippen LogP contribution in [0.5, 0.6) is 17.2 Å². The maximum absolute atomic E-state index is 12.3. The first kappa shape index (κ1) is 20.6. The largest absolute Gasteiger partial charge is 0.497 e. The smallest absolute Gasteiger partial charge is 0.167 e. The Kier molecular flexibility index (Phi) is 6.06. The Labute approximate surface area is 171 Å². The first-order valence-corrected chi connectivity index (χ1v) is 9.53. The molecule has 0 atom stereocenters. The summed E-state index contributed by atoms with van der Waals surface area (Å²) < 4.78 is 16.5. The Hall–Kier alpha value is -3.08. The van der Waals surface area contributed by atoms with E-state index < -0.39 is 0 Å².